The summed E-state index contributed by atoms with van der Waals surface area (Å²) in [7, 11) is 1.60. The van der Waals surface area contributed by atoms with Crippen molar-refractivity contribution in [2.75, 3.05) is 7.11 Å². The first-order valence-corrected chi connectivity index (χ1v) is 5.87. The molecule has 0 amide bonds. The van der Waals surface area contributed by atoms with Gasteiger partial charge in [-0.2, -0.15) is 0 Å². The fourth-order valence-corrected chi connectivity index (χ4v) is 2.17. The molecule has 1 aromatic heterocycles. The molecular weight excluding hydrogens is 220 g/mol. The molecule has 1 heterocycles. The number of ketones is 1. The standard InChI is InChI=1S/C13H12O2S/c1-15-11-5-2-4-10(8-11)13(14)9-12-6-3-7-16-12/h2-8H,9H2,1H3. The zero-order valence-corrected chi connectivity index (χ0v) is 9.79. The molecule has 0 fully saturated rings. The molecule has 0 saturated heterocycles. The lowest BCUT2D eigenvalue weighted by molar-refractivity contribution is 0.0993. The predicted octanol–water partition coefficient (Wildman–Crippen LogP) is 3.18. The second-order valence-electron chi connectivity index (χ2n) is 3.41. The fourth-order valence-electron chi connectivity index (χ4n) is 1.47. The predicted molar refractivity (Wildman–Crippen MR) is 65.3 cm³/mol. The Morgan fingerprint density at radius 2 is 2.19 bits per heavy atom. The maximum absolute atomic E-state index is 11.9. The average Bonchev–Trinajstić information content (AvgIpc) is 2.82. The van der Waals surface area contributed by atoms with Crippen LogP contribution in [0.5, 0.6) is 5.75 Å². The molecule has 16 heavy (non-hydrogen) atoms. The van der Waals surface area contributed by atoms with Gasteiger partial charge in [-0.05, 0) is 23.6 Å². The van der Waals surface area contributed by atoms with Gasteiger partial charge < -0.3 is 4.74 Å². The Morgan fingerprint density at radius 1 is 1.31 bits per heavy atom. The highest BCUT2D eigenvalue weighted by atomic mass is 32.1. The van der Waals surface area contributed by atoms with Crippen molar-refractivity contribution < 1.29 is 9.53 Å². The smallest absolute Gasteiger partial charge is 0.168 e. The number of hydrogen-bond donors (Lipinski definition) is 0. The van der Waals surface area contributed by atoms with E-state index in [-0.39, 0.29) is 5.78 Å². The van der Waals surface area contributed by atoms with E-state index in [9.17, 15) is 4.79 Å². The maximum atomic E-state index is 11.9. The van der Waals surface area contributed by atoms with Crippen molar-refractivity contribution in [3.05, 3.63) is 52.2 Å². The SMILES string of the molecule is COc1cccc(C(=O)Cc2cccs2)c1. The molecule has 2 rings (SSSR count). The zero-order chi connectivity index (χ0) is 11.4. The lowest BCUT2D eigenvalue weighted by Gasteiger charge is -2.02. The number of thiophene rings is 1. The van der Waals surface area contributed by atoms with Crippen LogP contribution in [0.15, 0.2) is 41.8 Å². The third-order valence-corrected chi connectivity index (χ3v) is 3.18. The Kier molecular flexibility index (Phi) is 3.37. The van der Waals surface area contributed by atoms with Crippen molar-refractivity contribution in [3.8, 4) is 5.75 Å². The van der Waals surface area contributed by atoms with Crippen molar-refractivity contribution in [3.63, 3.8) is 0 Å². The molecule has 0 spiro atoms. The molecule has 0 unspecified atom stereocenters. The molecule has 0 aliphatic carbocycles. The summed E-state index contributed by atoms with van der Waals surface area (Å²) in [6, 6.07) is 11.2. The van der Waals surface area contributed by atoms with Crippen LogP contribution in [0, 0.1) is 0 Å². The van der Waals surface area contributed by atoms with Gasteiger partial charge in [0, 0.05) is 16.9 Å². The van der Waals surface area contributed by atoms with Crippen LogP contribution in [0.3, 0.4) is 0 Å². The molecule has 82 valence electrons. The Labute approximate surface area is 98.5 Å². The van der Waals surface area contributed by atoms with E-state index in [1.807, 2.05) is 35.7 Å². The first-order valence-electron chi connectivity index (χ1n) is 4.99. The lowest BCUT2D eigenvalue weighted by atomic mass is 10.1. The first-order chi connectivity index (χ1) is 7.79. The van der Waals surface area contributed by atoms with Crippen molar-refractivity contribution >= 4 is 17.1 Å². The molecule has 0 N–H and O–H groups in total. The van der Waals surface area contributed by atoms with Gasteiger partial charge in [0.1, 0.15) is 5.75 Å². The Morgan fingerprint density at radius 3 is 2.88 bits per heavy atom. The van der Waals surface area contributed by atoms with Gasteiger partial charge >= 0.3 is 0 Å². The topological polar surface area (TPSA) is 26.3 Å². The third-order valence-electron chi connectivity index (χ3n) is 2.31. The summed E-state index contributed by atoms with van der Waals surface area (Å²) in [6.45, 7) is 0. The molecule has 0 aliphatic heterocycles. The number of carbonyl (C=O) groups excluding carboxylic acids is 1. The van der Waals surface area contributed by atoms with Gasteiger partial charge in [-0.15, -0.1) is 11.3 Å². The number of ether oxygens (including phenoxy) is 1. The third kappa shape index (κ3) is 2.49. The van der Waals surface area contributed by atoms with E-state index in [2.05, 4.69) is 0 Å². The minimum atomic E-state index is 0.126. The molecule has 0 bridgehead atoms. The number of rotatable bonds is 4. The average molecular weight is 232 g/mol. The van der Waals surface area contributed by atoms with Gasteiger partial charge in [0.25, 0.3) is 0 Å². The van der Waals surface area contributed by atoms with E-state index in [1.165, 1.54) is 0 Å². The molecule has 0 aliphatic rings. The second kappa shape index (κ2) is 4.94. The van der Waals surface area contributed by atoms with Crippen molar-refractivity contribution in [2.45, 2.75) is 6.42 Å². The summed E-state index contributed by atoms with van der Waals surface area (Å²) >= 11 is 1.60. The van der Waals surface area contributed by atoms with Crippen molar-refractivity contribution in [1.82, 2.24) is 0 Å². The minimum Gasteiger partial charge on any atom is -0.497 e. The Hall–Kier alpha value is -1.61. The highest BCUT2D eigenvalue weighted by Crippen LogP contribution is 2.16. The van der Waals surface area contributed by atoms with Crippen LogP contribution in [0.25, 0.3) is 0 Å². The zero-order valence-electron chi connectivity index (χ0n) is 8.97. The monoisotopic (exact) mass is 232 g/mol. The van der Waals surface area contributed by atoms with Crippen molar-refractivity contribution in [2.24, 2.45) is 0 Å². The number of benzene rings is 1. The quantitative estimate of drug-likeness (QED) is 0.757. The number of Topliss-reactive ketones (excluding diaryl/α,β-unsaturated/α-hetero) is 1. The summed E-state index contributed by atoms with van der Waals surface area (Å²) < 4.78 is 5.09. The summed E-state index contributed by atoms with van der Waals surface area (Å²) in [4.78, 5) is 13.0. The van der Waals surface area contributed by atoms with Crippen molar-refractivity contribution in [1.29, 1.82) is 0 Å². The minimum absolute atomic E-state index is 0.126. The van der Waals surface area contributed by atoms with E-state index in [0.717, 1.165) is 10.6 Å². The summed E-state index contributed by atoms with van der Waals surface area (Å²) in [6.07, 6.45) is 0.463. The molecule has 1 aromatic carbocycles. The van der Waals surface area contributed by atoms with E-state index in [0.29, 0.717) is 12.0 Å². The summed E-state index contributed by atoms with van der Waals surface area (Å²) in [5.41, 5.74) is 0.702. The molecule has 2 nitrogen and oxygen atoms in total. The van der Waals surface area contributed by atoms with Crippen LogP contribution in [0.4, 0.5) is 0 Å². The largest absolute Gasteiger partial charge is 0.497 e. The normalized spacial score (nSPS) is 10.1. The van der Waals surface area contributed by atoms with Gasteiger partial charge in [0.2, 0.25) is 0 Å². The van der Waals surface area contributed by atoms with E-state index in [4.69, 9.17) is 4.74 Å². The molecule has 0 saturated carbocycles. The summed E-state index contributed by atoms with van der Waals surface area (Å²) in [5, 5.41) is 1.98. The molecule has 0 radical (unpaired) electrons. The lowest BCUT2D eigenvalue weighted by Crippen LogP contribution is -2.02. The number of methoxy groups -OCH3 is 1. The molecule has 2 aromatic rings. The van der Waals surface area contributed by atoms with Gasteiger partial charge in [0.05, 0.1) is 7.11 Å². The van der Waals surface area contributed by atoms with Crippen LogP contribution in [-0.2, 0) is 6.42 Å². The molecule has 0 atom stereocenters. The van der Waals surface area contributed by atoms with Gasteiger partial charge in [0.15, 0.2) is 5.78 Å². The van der Waals surface area contributed by atoms with Crippen LogP contribution in [-0.4, -0.2) is 12.9 Å². The fraction of sp³-hybridized carbons (Fsp3) is 0.154. The van der Waals surface area contributed by atoms with E-state index in [1.54, 1.807) is 24.5 Å². The van der Waals surface area contributed by atoms with Crippen LogP contribution in [0.1, 0.15) is 15.2 Å². The second-order valence-corrected chi connectivity index (χ2v) is 4.44. The van der Waals surface area contributed by atoms with E-state index >= 15 is 0 Å². The van der Waals surface area contributed by atoms with Crippen LogP contribution >= 0.6 is 11.3 Å². The van der Waals surface area contributed by atoms with Crippen LogP contribution < -0.4 is 4.74 Å². The molecular formula is C13H12O2S. The highest BCUT2D eigenvalue weighted by molar-refractivity contribution is 7.10. The Balaban J connectivity index is 2.14. The van der Waals surface area contributed by atoms with E-state index < -0.39 is 0 Å². The first kappa shape index (κ1) is 10.9. The number of hydrogen-bond acceptors (Lipinski definition) is 3. The Bertz CT molecular complexity index is 474. The van der Waals surface area contributed by atoms with Gasteiger partial charge in [-0.25, -0.2) is 0 Å². The highest BCUT2D eigenvalue weighted by Gasteiger charge is 2.08. The molecule has 3 heteroatoms. The van der Waals surface area contributed by atoms with Crippen LogP contribution in [0.2, 0.25) is 0 Å². The van der Waals surface area contributed by atoms with Gasteiger partial charge in [-0.1, -0.05) is 18.2 Å². The van der Waals surface area contributed by atoms with Gasteiger partial charge in [-0.3, -0.25) is 4.79 Å². The maximum Gasteiger partial charge on any atom is 0.168 e. The summed E-state index contributed by atoms with van der Waals surface area (Å²) in [5.74, 6) is 0.846. The number of carbonyl (C=O) groups is 1.